The van der Waals surface area contributed by atoms with E-state index in [0.717, 1.165) is 0 Å². The molecule has 1 amide bonds. The molecule has 0 saturated carbocycles. The zero-order valence-corrected chi connectivity index (χ0v) is 10.0. The van der Waals surface area contributed by atoms with Gasteiger partial charge < -0.3 is 11.1 Å². The summed E-state index contributed by atoms with van der Waals surface area (Å²) in [6, 6.07) is 4.34. The summed E-state index contributed by atoms with van der Waals surface area (Å²) in [5.41, 5.74) is 5.46. The zero-order valence-electron chi connectivity index (χ0n) is 9.25. The molecule has 0 spiro atoms. The lowest BCUT2D eigenvalue weighted by atomic mass is 10.1. The Morgan fingerprint density at radius 3 is 2.88 bits per heavy atom. The van der Waals surface area contributed by atoms with E-state index in [4.69, 9.17) is 17.3 Å². The van der Waals surface area contributed by atoms with E-state index in [1.54, 1.807) is 18.2 Å². The molecule has 0 saturated heterocycles. The Morgan fingerprint density at radius 1 is 1.47 bits per heavy atom. The van der Waals surface area contributed by atoms with Crippen LogP contribution in [0.5, 0.6) is 0 Å². The lowest BCUT2D eigenvalue weighted by molar-refractivity contribution is -0.120. The number of hydrogen-bond acceptors (Lipinski definition) is 2. The molecular weight excluding hydrogens is 243 g/mol. The summed E-state index contributed by atoms with van der Waals surface area (Å²) < 4.78 is 13.4. The van der Waals surface area contributed by atoms with Crippen LogP contribution >= 0.6 is 11.6 Å². The molecule has 0 aliphatic heterocycles. The number of nitrogens with one attached hydrogen (secondary N) is 1. The first-order valence-corrected chi connectivity index (χ1v) is 5.57. The van der Waals surface area contributed by atoms with Gasteiger partial charge in [0.05, 0.1) is 6.42 Å². The SMILES string of the molecule is NC/C=C/CNC(=O)Cc1c(F)cccc1Cl. The van der Waals surface area contributed by atoms with Crippen molar-refractivity contribution in [2.75, 3.05) is 13.1 Å². The number of benzene rings is 1. The summed E-state index contributed by atoms with van der Waals surface area (Å²) in [5, 5.41) is 2.88. The van der Waals surface area contributed by atoms with E-state index in [0.29, 0.717) is 13.1 Å². The second kappa shape index (κ2) is 7.04. The molecule has 0 aliphatic carbocycles. The Kier molecular flexibility index (Phi) is 5.66. The van der Waals surface area contributed by atoms with Crippen molar-refractivity contribution in [1.82, 2.24) is 5.32 Å². The Bertz CT molecular complexity index is 401. The monoisotopic (exact) mass is 256 g/mol. The van der Waals surface area contributed by atoms with Gasteiger partial charge in [0, 0.05) is 23.7 Å². The quantitative estimate of drug-likeness (QED) is 0.787. The lowest BCUT2D eigenvalue weighted by Crippen LogP contribution is -2.25. The van der Waals surface area contributed by atoms with E-state index in [2.05, 4.69) is 5.32 Å². The van der Waals surface area contributed by atoms with Gasteiger partial charge in [0.15, 0.2) is 0 Å². The van der Waals surface area contributed by atoms with E-state index < -0.39 is 5.82 Å². The van der Waals surface area contributed by atoms with Crippen LogP contribution in [-0.4, -0.2) is 19.0 Å². The second-order valence-electron chi connectivity index (χ2n) is 3.39. The molecule has 1 aromatic rings. The van der Waals surface area contributed by atoms with Gasteiger partial charge in [-0.1, -0.05) is 29.8 Å². The fourth-order valence-electron chi connectivity index (χ4n) is 1.28. The number of hydrogen-bond donors (Lipinski definition) is 2. The molecule has 3 nitrogen and oxygen atoms in total. The minimum atomic E-state index is -0.467. The minimum absolute atomic E-state index is 0.0675. The maximum Gasteiger partial charge on any atom is 0.224 e. The van der Waals surface area contributed by atoms with Gasteiger partial charge in [0.1, 0.15) is 5.82 Å². The summed E-state index contributed by atoms with van der Waals surface area (Å²) in [4.78, 5) is 11.5. The third-order valence-electron chi connectivity index (χ3n) is 2.12. The molecule has 0 aromatic heterocycles. The molecule has 0 atom stereocenters. The molecule has 1 rings (SSSR count). The highest BCUT2D eigenvalue weighted by Crippen LogP contribution is 2.19. The van der Waals surface area contributed by atoms with E-state index in [1.165, 1.54) is 12.1 Å². The van der Waals surface area contributed by atoms with Crippen molar-refractivity contribution in [3.63, 3.8) is 0 Å². The molecule has 0 fully saturated rings. The maximum absolute atomic E-state index is 13.4. The number of carbonyl (C=O) groups excluding carboxylic acids is 1. The van der Waals surface area contributed by atoms with Crippen molar-refractivity contribution in [2.45, 2.75) is 6.42 Å². The largest absolute Gasteiger partial charge is 0.352 e. The number of amides is 1. The summed E-state index contributed by atoms with van der Waals surface area (Å²) >= 11 is 5.81. The van der Waals surface area contributed by atoms with Gasteiger partial charge in [0.25, 0.3) is 0 Å². The Morgan fingerprint density at radius 2 is 2.24 bits per heavy atom. The van der Waals surface area contributed by atoms with Crippen LogP contribution in [0.1, 0.15) is 5.56 Å². The lowest BCUT2D eigenvalue weighted by Gasteiger charge is -2.05. The Labute approximate surface area is 104 Å². The molecule has 0 bridgehead atoms. The topological polar surface area (TPSA) is 55.1 Å². The van der Waals surface area contributed by atoms with Gasteiger partial charge in [0.2, 0.25) is 5.91 Å². The molecule has 0 unspecified atom stereocenters. The molecule has 5 heteroatoms. The molecule has 0 aliphatic rings. The van der Waals surface area contributed by atoms with Crippen LogP contribution in [0.4, 0.5) is 4.39 Å². The molecule has 0 radical (unpaired) electrons. The van der Waals surface area contributed by atoms with Gasteiger partial charge in [-0.05, 0) is 12.1 Å². The fraction of sp³-hybridized carbons (Fsp3) is 0.250. The molecule has 1 aromatic carbocycles. The van der Waals surface area contributed by atoms with Crippen LogP contribution in [0.2, 0.25) is 5.02 Å². The number of nitrogens with two attached hydrogens (primary N) is 1. The van der Waals surface area contributed by atoms with E-state index in [-0.39, 0.29) is 22.9 Å². The predicted octanol–water partition coefficient (Wildman–Crippen LogP) is 1.65. The van der Waals surface area contributed by atoms with Crippen molar-refractivity contribution in [3.8, 4) is 0 Å². The van der Waals surface area contributed by atoms with Crippen LogP contribution in [0, 0.1) is 5.82 Å². The molecular formula is C12H14ClFN2O. The zero-order chi connectivity index (χ0) is 12.7. The summed E-state index contributed by atoms with van der Waals surface area (Å²) in [7, 11) is 0. The van der Waals surface area contributed by atoms with Crippen molar-refractivity contribution in [2.24, 2.45) is 5.73 Å². The highest BCUT2D eigenvalue weighted by Gasteiger charge is 2.10. The Balaban J connectivity index is 2.53. The normalized spacial score (nSPS) is 10.8. The van der Waals surface area contributed by atoms with Crippen molar-refractivity contribution < 1.29 is 9.18 Å². The predicted molar refractivity (Wildman–Crippen MR) is 66.3 cm³/mol. The Hall–Kier alpha value is -1.39. The fourth-order valence-corrected chi connectivity index (χ4v) is 1.51. The van der Waals surface area contributed by atoms with Crippen molar-refractivity contribution in [1.29, 1.82) is 0 Å². The first-order chi connectivity index (χ1) is 8.15. The summed E-state index contributed by atoms with van der Waals surface area (Å²) in [6.07, 6.45) is 3.40. The van der Waals surface area contributed by atoms with Crippen LogP contribution in [-0.2, 0) is 11.2 Å². The second-order valence-corrected chi connectivity index (χ2v) is 3.80. The third-order valence-corrected chi connectivity index (χ3v) is 2.47. The maximum atomic E-state index is 13.4. The smallest absolute Gasteiger partial charge is 0.224 e. The minimum Gasteiger partial charge on any atom is -0.352 e. The third kappa shape index (κ3) is 4.54. The standard InChI is InChI=1S/C12H14ClFN2O/c13-10-4-3-5-11(14)9(10)8-12(17)16-7-2-1-6-15/h1-5H,6-8,15H2,(H,16,17)/b2-1+. The molecule has 92 valence electrons. The van der Waals surface area contributed by atoms with Gasteiger partial charge >= 0.3 is 0 Å². The van der Waals surface area contributed by atoms with E-state index in [9.17, 15) is 9.18 Å². The van der Waals surface area contributed by atoms with Crippen LogP contribution in [0.3, 0.4) is 0 Å². The number of halogens is 2. The summed E-state index contributed by atoms with van der Waals surface area (Å²) in [6.45, 7) is 0.803. The molecule has 17 heavy (non-hydrogen) atoms. The van der Waals surface area contributed by atoms with Crippen molar-refractivity contribution in [3.05, 3.63) is 46.8 Å². The number of rotatable bonds is 5. The van der Waals surface area contributed by atoms with E-state index in [1.807, 2.05) is 0 Å². The van der Waals surface area contributed by atoms with Gasteiger partial charge in [-0.25, -0.2) is 4.39 Å². The van der Waals surface area contributed by atoms with Gasteiger partial charge in [-0.3, -0.25) is 4.79 Å². The highest BCUT2D eigenvalue weighted by molar-refractivity contribution is 6.31. The van der Waals surface area contributed by atoms with Crippen LogP contribution in [0.15, 0.2) is 30.4 Å². The van der Waals surface area contributed by atoms with Crippen LogP contribution < -0.4 is 11.1 Å². The molecule has 3 N–H and O–H groups in total. The van der Waals surface area contributed by atoms with Crippen molar-refractivity contribution >= 4 is 17.5 Å². The average molecular weight is 257 g/mol. The van der Waals surface area contributed by atoms with Crippen LogP contribution in [0.25, 0.3) is 0 Å². The molecule has 0 heterocycles. The summed E-state index contributed by atoms with van der Waals surface area (Å²) in [5.74, 6) is -0.746. The first kappa shape index (κ1) is 13.7. The average Bonchev–Trinajstić information content (AvgIpc) is 2.30. The van der Waals surface area contributed by atoms with Gasteiger partial charge in [-0.2, -0.15) is 0 Å². The van der Waals surface area contributed by atoms with Gasteiger partial charge in [-0.15, -0.1) is 0 Å². The van der Waals surface area contributed by atoms with E-state index >= 15 is 0 Å². The highest BCUT2D eigenvalue weighted by atomic mass is 35.5. The number of carbonyl (C=O) groups is 1. The first-order valence-electron chi connectivity index (χ1n) is 5.19.